The normalized spacial score (nSPS) is 17.8. The molecule has 2 aromatic carbocycles. The summed E-state index contributed by atoms with van der Waals surface area (Å²) in [6.07, 6.45) is 0.780. The van der Waals surface area contributed by atoms with Crippen LogP contribution in [0.3, 0.4) is 0 Å². The maximum Gasteiger partial charge on any atom is 0.270 e. The summed E-state index contributed by atoms with van der Waals surface area (Å²) in [5.74, 6) is -0.461. The third kappa shape index (κ3) is 4.32. The van der Waals surface area contributed by atoms with Crippen LogP contribution in [0.1, 0.15) is 35.0 Å². The molecule has 6 nitrogen and oxygen atoms in total. The largest absolute Gasteiger partial charge is 0.387 e. The van der Waals surface area contributed by atoms with E-state index in [-0.39, 0.29) is 24.3 Å². The number of hydrogen-bond acceptors (Lipinski definition) is 3. The number of aliphatic hydroxyl groups excluding tert-OH is 1. The highest BCUT2D eigenvalue weighted by Crippen LogP contribution is 2.21. The van der Waals surface area contributed by atoms with Gasteiger partial charge in [0.05, 0.1) is 12.0 Å². The van der Waals surface area contributed by atoms with Crippen molar-refractivity contribution in [2.45, 2.75) is 18.9 Å². The van der Waals surface area contributed by atoms with Gasteiger partial charge in [-0.15, -0.1) is 0 Å². The van der Waals surface area contributed by atoms with Crippen LogP contribution in [-0.4, -0.2) is 46.4 Å². The second kappa shape index (κ2) is 8.49. The van der Waals surface area contributed by atoms with E-state index in [1.54, 1.807) is 4.90 Å². The molecule has 1 fully saturated rings. The van der Waals surface area contributed by atoms with Crippen molar-refractivity contribution in [3.8, 4) is 0 Å². The lowest BCUT2D eigenvalue weighted by Gasteiger charge is -2.32. The predicted molar refractivity (Wildman–Crippen MR) is 111 cm³/mol. The van der Waals surface area contributed by atoms with Crippen molar-refractivity contribution in [1.82, 2.24) is 15.2 Å². The van der Waals surface area contributed by atoms with E-state index in [4.69, 9.17) is 0 Å². The number of amides is 2. The molecular weight excluding hydrogens is 366 g/mol. The maximum atomic E-state index is 12.9. The van der Waals surface area contributed by atoms with Gasteiger partial charge in [-0.25, -0.2) is 0 Å². The zero-order chi connectivity index (χ0) is 20.2. The molecule has 0 saturated carbocycles. The minimum atomic E-state index is -0.743. The van der Waals surface area contributed by atoms with Crippen LogP contribution in [0.4, 0.5) is 0 Å². The summed E-state index contributed by atoms with van der Waals surface area (Å²) in [6, 6.07) is 18.9. The van der Waals surface area contributed by atoms with Crippen LogP contribution < -0.4 is 5.32 Å². The van der Waals surface area contributed by atoms with Gasteiger partial charge in [0.1, 0.15) is 5.69 Å². The van der Waals surface area contributed by atoms with Crippen LogP contribution >= 0.6 is 0 Å². The highest BCUT2D eigenvalue weighted by molar-refractivity contribution is 5.98. The van der Waals surface area contributed by atoms with Crippen molar-refractivity contribution in [2.75, 3.05) is 19.6 Å². The molecule has 3 aromatic rings. The Morgan fingerprint density at radius 3 is 2.69 bits per heavy atom. The number of fused-ring (bicyclic) bond motifs is 1. The zero-order valence-corrected chi connectivity index (χ0v) is 16.2. The third-order valence-electron chi connectivity index (χ3n) is 5.49. The van der Waals surface area contributed by atoms with Gasteiger partial charge < -0.3 is 20.3 Å². The van der Waals surface area contributed by atoms with E-state index in [2.05, 4.69) is 10.3 Å². The lowest BCUT2D eigenvalue weighted by molar-refractivity contribution is -0.126. The number of carbonyl (C=O) groups excluding carboxylic acids is 2. The Morgan fingerprint density at radius 2 is 1.90 bits per heavy atom. The Bertz CT molecular complexity index is 966. The Morgan fingerprint density at radius 1 is 1.14 bits per heavy atom. The number of H-pyrrole nitrogens is 1. The predicted octanol–water partition coefficient (Wildman–Crippen LogP) is 2.87. The number of likely N-dealkylation sites (tertiary alicyclic amines) is 1. The number of hydrogen-bond donors (Lipinski definition) is 3. The van der Waals surface area contributed by atoms with Gasteiger partial charge in [0, 0.05) is 30.5 Å². The number of nitrogens with zero attached hydrogens (tertiary/aromatic N) is 1. The highest BCUT2D eigenvalue weighted by atomic mass is 16.3. The van der Waals surface area contributed by atoms with E-state index in [1.165, 1.54) is 0 Å². The third-order valence-corrected chi connectivity index (χ3v) is 5.49. The molecule has 0 spiro atoms. The summed E-state index contributed by atoms with van der Waals surface area (Å²) in [4.78, 5) is 30.4. The van der Waals surface area contributed by atoms with Crippen molar-refractivity contribution in [3.63, 3.8) is 0 Å². The number of benzene rings is 2. The van der Waals surface area contributed by atoms with Crippen molar-refractivity contribution in [3.05, 3.63) is 71.9 Å². The van der Waals surface area contributed by atoms with Gasteiger partial charge in [-0.3, -0.25) is 9.59 Å². The van der Waals surface area contributed by atoms with Gasteiger partial charge >= 0.3 is 0 Å². The van der Waals surface area contributed by atoms with Crippen LogP contribution in [0.5, 0.6) is 0 Å². The fourth-order valence-corrected chi connectivity index (χ4v) is 3.87. The average Bonchev–Trinajstić information content (AvgIpc) is 3.21. The number of aromatic nitrogens is 1. The first kappa shape index (κ1) is 19.2. The number of carbonyl (C=O) groups is 2. The van der Waals surface area contributed by atoms with E-state index in [9.17, 15) is 14.7 Å². The van der Waals surface area contributed by atoms with Crippen molar-refractivity contribution < 1.29 is 14.7 Å². The summed E-state index contributed by atoms with van der Waals surface area (Å²) in [5, 5.41) is 14.1. The Kier molecular flexibility index (Phi) is 5.62. The van der Waals surface area contributed by atoms with E-state index in [1.807, 2.05) is 60.7 Å². The first-order chi connectivity index (χ1) is 14.1. The number of para-hydroxylation sites is 1. The summed E-state index contributed by atoms with van der Waals surface area (Å²) >= 11 is 0. The van der Waals surface area contributed by atoms with Gasteiger partial charge in [-0.1, -0.05) is 48.5 Å². The van der Waals surface area contributed by atoms with E-state index < -0.39 is 6.10 Å². The van der Waals surface area contributed by atoms with Gasteiger partial charge in [0.25, 0.3) is 5.91 Å². The van der Waals surface area contributed by atoms with Gasteiger partial charge in [0.15, 0.2) is 0 Å². The van der Waals surface area contributed by atoms with Crippen molar-refractivity contribution in [2.24, 2.45) is 5.92 Å². The van der Waals surface area contributed by atoms with Crippen LogP contribution in [0.15, 0.2) is 60.7 Å². The molecular formula is C23H25N3O3. The summed E-state index contributed by atoms with van der Waals surface area (Å²) in [5.41, 5.74) is 2.25. The standard InChI is InChI=1S/C23H25N3O3/c27-21(16-7-2-1-3-8-16)14-24-22(28)18-10-6-12-26(15-18)23(29)20-13-17-9-4-5-11-19(17)25-20/h1-5,7-9,11,13,18,21,25,27H,6,10,12,14-15H2,(H,24,28). The molecule has 1 aliphatic heterocycles. The second-order valence-corrected chi connectivity index (χ2v) is 7.53. The first-order valence-corrected chi connectivity index (χ1v) is 9.99. The molecule has 2 amide bonds. The molecule has 4 rings (SSSR count). The minimum Gasteiger partial charge on any atom is -0.387 e. The maximum absolute atomic E-state index is 12.9. The van der Waals surface area contributed by atoms with Crippen LogP contribution in [0, 0.1) is 5.92 Å². The van der Waals surface area contributed by atoms with Crippen LogP contribution in [0.2, 0.25) is 0 Å². The van der Waals surface area contributed by atoms with Crippen molar-refractivity contribution in [1.29, 1.82) is 0 Å². The molecule has 2 unspecified atom stereocenters. The zero-order valence-electron chi connectivity index (χ0n) is 16.2. The number of piperidine rings is 1. The number of rotatable bonds is 5. The SMILES string of the molecule is O=C(NCC(O)c1ccccc1)C1CCCN(C(=O)c2cc3ccccc3[nH]2)C1. The summed E-state index contributed by atoms with van der Waals surface area (Å²) < 4.78 is 0. The smallest absolute Gasteiger partial charge is 0.270 e. The molecule has 1 saturated heterocycles. The molecule has 0 aliphatic carbocycles. The molecule has 2 heterocycles. The van der Waals surface area contributed by atoms with E-state index >= 15 is 0 Å². The summed E-state index contributed by atoms with van der Waals surface area (Å²) in [7, 11) is 0. The molecule has 29 heavy (non-hydrogen) atoms. The second-order valence-electron chi connectivity index (χ2n) is 7.53. The van der Waals surface area contributed by atoms with Gasteiger partial charge in [-0.2, -0.15) is 0 Å². The highest BCUT2D eigenvalue weighted by Gasteiger charge is 2.29. The molecule has 1 aromatic heterocycles. The Hall–Kier alpha value is -3.12. The number of aliphatic hydroxyl groups is 1. The quantitative estimate of drug-likeness (QED) is 0.625. The van der Waals surface area contributed by atoms with E-state index in [0.717, 1.165) is 29.3 Å². The lowest BCUT2D eigenvalue weighted by Crippen LogP contribution is -2.46. The molecule has 0 bridgehead atoms. The van der Waals surface area contributed by atoms with Gasteiger partial charge in [-0.05, 0) is 30.5 Å². The van der Waals surface area contributed by atoms with Crippen molar-refractivity contribution >= 4 is 22.7 Å². The molecule has 1 aliphatic rings. The minimum absolute atomic E-state index is 0.0805. The molecule has 3 N–H and O–H groups in total. The summed E-state index contributed by atoms with van der Waals surface area (Å²) in [6.45, 7) is 1.20. The lowest BCUT2D eigenvalue weighted by atomic mass is 9.96. The fourth-order valence-electron chi connectivity index (χ4n) is 3.87. The molecule has 2 atom stereocenters. The molecule has 150 valence electrons. The Balaban J connectivity index is 1.36. The number of aromatic amines is 1. The molecule has 0 radical (unpaired) electrons. The first-order valence-electron chi connectivity index (χ1n) is 9.99. The topological polar surface area (TPSA) is 85.4 Å². The van der Waals surface area contributed by atoms with Crippen LogP contribution in [0.25, 0.3) is 10.9 Å². The Labute approximate surface area is 169 Å². The van der Waals surface area contributed by atoms with Crippen LogP contribution in [-0.2, 0) is 4.79 Å². The van der Waals surface area contributed by atoms with E-state index in [0.29, 0.717) is 18.8 Å². The van der Waals surface area contributed by atoms with Gasteiger partial charge in [0.2, 0.25) is 5.91 Å². The monoisotopic (exact) mass is 391 g/mol. The molecule has 6 heteroatoms. The fraction of sp³-hybridized carbons (Fsp3) is 0.304. The average molecular weight is 391 g/mol. The number of nitrogens with one attached hydrogen (secondary N) is 2.